The maximum atomic E-state index is 8.81. The van der Waals surface area contributed by atoms with Crippen molar-refractivity contribution >= 4 is 8.32 Å². The normalized spacial score (nSPS) is 26.1. The molecule has 1 aliphatic rings. The quantitative estimate of drug-likeness (QED) is 0.666. The van der Waals surface area contributed by atoms with Gasteiger partial charge in [0, 0.05) is 0 Å². The van der Waals surface area contributed by atoms with E-state index >= 15 is 0 Å². The van der Waals surface area contributed by atoms with E-state index in [9.17, 15) is 0 Å². The van der Waals surface area contributed by atoms with E-state index in [-0.39, 0.29) is 5.60 Å². The average Bonchev–Trinajstić information content (AvgIpc) is 2.02. The van der Waals surface area contributed by atoms with Gasteiger partial charge in [-0.1, -0.05) is 24.3 Å². The molecule has 1 unspecified atom stereocenters. The third kappa shape index (κ3) is 3.13. The van der Waals surface area contributed by atoms with Crippen LogP contribution in [0.15, 0.2) is 24.3 Å². The molecule has 0 fully saturated rings. The molecule has 3 heteroatoms. The smallest absolute Gasteiger partial charge is 0.185 e. The van der Waals surface area contributed by atoms with E-state index in [1.54, 1.807) is 0 Å². The number of nitriles is 1. The molecule has 14 heavy (non-hydrogen) atoms. The zero-order valence-electron chi connectivity index (χ0n) is 9.08. The molecule has 1 atom stereocenters. The second-order valence-corrected chi connectivity index (χ2v) is 9.03. The van der Waals surface area contributed by atoms with Gasteiger partial charge in [-0.25, -0.2) is 0 Å². The van der Waals surface area contributed by atoms with Crippen molar-refractivity contribution in [2.45, 2.75) is 38.1 Å². The highest BCUT2D eigenvalue weighted by Crippen LogP contribution is 2.29. The standard InChI is InChI=1S/C11H17NOSi/c1-14(2,3)13-11(9-10-12)7-5-4-6-8-11/h4-7H,8-9H2,1-3H3. The van der Waals surface area contributed by atoms with Crippen LogP contribution in [-0.4, -0.2) is 13.9 Å². The molecule has 0 aromatic rings. The van der Waals surface area contributed by atoms with Crippen LogP contribution in [0.3, 0.4) is 0 Å². The highest BCUT2D eigenvalue weighted by Gasteiger charge is 2.33. The van der Waals surface area contributed by atoms with E-state index in [0.29, 0.717) is 6.42 Å². The first-order valence-corrected chi connectivity index (χ1v) is 8.30. The lowest BCUT2D eigenvalue weighted by molar-refractivity contribution is 0.119. The Kier molecular flexibility index (Phi) is 3.30. The molecule has 0 aliphatic heterocycles. The van der Waals surface area contributed by atoms with Crippen LogP contribution >= 0.6 is 0 Å². The molecule has 76 valence electrons. The first-order chi connectivity index (χ1) is 6.47. The SMILES string of the molecule is C[Si](C)(C)OC1(CC#N)C=CC=CC1. The lowest BCUT2D eigenvalue weighted by atomic mass is 9.93. The van der Waals surface area contributed by atoms with E-state index in [2.05, 4.69) is 31.8 Å². The predicted octanol–water partition coefficient (Wildman–Crippen LogP) is 3.01. The summed E-state index contributed by atoms with van der Waals surface area (Å²) in [5.41, 5.74) is -0.353. The van der Waals surface area contributed by atoms with Gasteiger partial charge >= 0.3 is 0 Å². The minimum atomic E-state index is -1.59. The predicted molar refractivity (Wildman–Crippen MR) is 60.3 cm³/mol. The van der Waals surface area contributed by atoms with Crippen molar-refractivity contribution in [3.05, 3.63) is 24.3 Å². The Hall–Kier alpha value is -0.853. The summed E-state index contributed by atoms with van der Waals surface area (Å²) in [6.07, 6.45) is 9.33. The summed E-state index contributed by atoms with van der Waals surface area (Å²) in [6.45, 7) is 6.45. The van der Waals surface area contributed by atoms with Crippen molar-refractivity contribution in [1.82, 2.24) is 0 Å². The lowest BCUT2D eigenvalue weighted by Crippen LogP contribution is -2.41. The Balaban J connectivity index is 2.79. The largest absolute Gasteiger partial charge is 0.407 e. The van der Waals surface area contributed by atoms with E-state index in [0.717, 1.165) is 6.42 Å². The summed E-state index contributed by atoms with van der Waals surface area (Å²) in [7, 11) is -1.59. The van der Waals surface area contributed by atoms with Crippen LogP contribution in [0.25, 0.3) is 0 Å². The number of nitrogens with zero attached hydrogens (tertiary/aromatic N) is 1. The van der Waals surface area contributed by atoms with Crippen molar-refractivity contribution in [3.8, 4) is 6.07 Å². The molecule has 0 saturated carbocycles. The van der Waals surface area contributed by atoms with E-state index in [1.165, 1.54) is 0 Å². The van der Waals surface area contributed by atoms with Crippen LogP contribution < -0.4 is 0 Å². The fraction of sp³-hybridized carbons (Fsp3) is 0.545. The molecule has 0 heterocycles. The Morgan fingerprint density at radius 2 is 2.14 bits per heavy atom. The van der Waals surface area contributed by atoms with E-state index in [1.807, 2.05) is 18.2 Å². The molecule has 0 radical (unpaired) electrons. The van der Waals surface area contributed by atoms with Gasteiger partial charge in [0.1, 0.15) is 0 Å². The zero-order chi connectivity index (χ0) is 10.7. The summed E-state index contributed by atoms with van der Waals surface area (Å²) in [6, 6.07) is 2.21. The highest BCUT2D eigenvalue weighted by atomic mass is 28.4. The van der Waals surface area contributed by atoms with Gasteiger partial charge in [-0.2, -0.15) is 5.26 Å². The second-order valence-electron chi connectivity index (χ2n) is 4.61. The van der Waals surface area contributed by atoms with Crippen molar-refractivity contribution < 1.29 is 4.43 Å². The molecule has 0 bridgehead atoms. The van der Waals surface area contributed by atoms with Gasteiger partial charge in [0.15, 0.2) is 8.32 Å². The van der Waals surface area contributed by atoms with Gasteiger partial charge in [-0.05, 0) is 26.1 Å². The molecular formula is C11H17NOSi. The van der Waals surface area contributed by atoms with Gasteiger partial charge in [-0.3, -0.25) is 0 Å². The van der Waals surface area contributed by atoms with Gasteiger partial charge in [0.2, 0.25) is 0 Å². The van der Waals surface area contributed by atoms with Crippen LogP contribution in [0.4, 0.5) is 0 Å². The van der Waals surface area contributed by atoms with Crippen molar-refractivity contribution in [2.75, 3.05) is 0 Å². The third-order valence-corrected chi connectivity index (χ3v) is 3.02. The molecule has 0 amide bonds. The van der Waals surface area contributed by atoms with Crippen molar-refractivity contribution in [1.29, 1.82) is 5.26 Å². The van der Waals surface area contributed by atoms with Crippen molar-refractivity contribution in [3.63, 3.8) is 0 Å². The number of rotatable bonds is 3. The molecule has 1 aliphatic carbocycles. The molecule has 0 saturated heterocycles. The zero-order valence-corrected chi connectivity index (χ0v) is 10.1. The van der Waals surface area contributed by atoms with Gasteiger partial charge in [0.05, 0.1) is 18.1 Å². The second kappa shape index (κ2) is 4.12. The third-order valence-electron chi connectivity index (χ3n) is 2.00. The van der Waals surface area contributed by atoms with Gasteiger partial charge < -0.3 is 4.43 Å². The molecule has 0 aromatic carbocycles. The number of allylic oxidation sites excluding steroid dienone is 2. The molecular weight excluding hydrogens is 190 g/mol. The van der Waals surface area contributed by atoms with Crippen molar-refractivity contribution in [2.24, 2.45) is 0 Å². The summed E-state index contributed by atoms with van der Waals surface area (Å²) >= 11 is 0. The molecule has 1 rings (SSSR count). The summed E-state index contributed by atoms with van der Waals surface area (Å²) < 4.78 is 6.08. The minimum absolute atomic E-state index is 0.353. The first kappa shape index (κ1) is 11.2. The fourth-order valence-corrected chi connectivity index (χ4v) is 3.07. The summed E-state index contributed by atoms with van der Waals surface area (Å²) in [5, 5.41) is 8.81. The number of hydrogen-bond acceptors (Lipinski definition) is 2. The Morgan fingerprint density at radius 1 is 1.43 bits per heavy atom. The molecule has 0 spiro atoms. The maximum absolute atomic E-state index is 8.81. The first-order valence-electron chi connectivity index (χ1n) is 4.89. The highest BCUT2D eigenvalue weighted by molar-refractivity contribution is 6.69. The molecule has 0 aromatic heterocycles. The maximum Gasteiger partial charge on any atom is 0.185 e. The van der Waals surface area contributed by atoms with Crippen LogP contribution in [-0.2, 0) is 4.43 Å². The van der Waals surface area contributed by atoms with Gasteiger partial charge in [0.25, 0.3) is 0 Å². The molecule has 0 N–H and O–H groups in total. The van der Waals surface area contributed by atoms with Crippen LogP contribution in [0.2, 0.25) is 19.6 Å². The summed E-state index contributed by atoms with van der Waals surface area (Å²) in [5.74, 6) is 0. The monoisotopic (exact) mass is 207 g/mol. The average molecular weight is 207 g/mol. The van der Waals surface area contributed by atoms with E-state index < -0.39 is 8.32 Å². The van der Waals surface area contributed by atoms with Gasteiger partial charge in [-0.15, -0.1) is 0 Å². The van der Waals surface area contributed by atoms with Crippen LogP contribution in [0.5, 0.6) is 0 Å². The van der Waals surface area contributed by atoms with Crippen LogP contribution in [0.1, 0.15) is 12.8 Å². The topological polar surface area (TPSA) is 33.0 Å². The lowest BCUT2D eigenvalue weighted by Gasteiger charge is -2.35. The van der Waals surface area contributed by atoms with Crippen LogP contribution in [0, 0.1) is 11.3 Å². The Bertz CT molecular complexity index is 295. The number of hydrogen-bond donors (Lipinski definition) is 0. The molecule has 2 nitrogen and oxygen atoms in total. The minimum Gasteiger partial charge on any atom is -0.407 e. The van der Waals surface area contributed by atoms with E-state index in [4.69, 9.17) is 9.69 Å². The summed E-state index contributed by atoms with van der Waals surface area (Å²) in [4.78, 5) is 0. The fourth-order valence-electron chi connectivity index (χ4n) is 1.63. The Morgan fingerprint density at radius 3 is 2.57 bits per heavy atom. The Labute approximate surface area is 87.0 Å².